The number of hydrogen-bond donors (Lipinski definition) is 1. The van der Waals surface area contributed by atoms with E-state index in [1.165, 1.54) is 21.6 Å². The molecule has 0 aliphatic rings. The fraction of sp³-hybridized carbons (Fsp3) is 0.333. The molecular weight excluding hydrogens is 262 g/mol. The molecule has 0 heterocycles. The largest absolute Gasteiger partial charge is 0.309 e. The molecule has 0 radical (unpaired) electrons. The summed E-state index contributed by atoms with van der Waals surface area (Å²) >= 11 is 1.92. The van der Waals surface area contributed by atoms with E-state index in [2.05, 4.69) is 74.6 Å². The van der Waals surface area contributed by atoms with Crippen LogP contribution in [0, 0.1) is 13.8 Å². The molecule has 2 aromatic rings. The summed E-state index contributed by atoms with van der Waals surface area (Å²) in [5.41, 5.74) is 4.02. The minimum atomic E-state index is 0.409. The van der Waals surface area contributed by atoms with E-state index in [9.17, 15) is 0 Å². The third kappa shape index (κ3) is 4.39. The van der Waals surface area contributed by atoms with Gasteiger partial charge in [-0.15, -0.1) is 11.8 Å². The zero-order valence-corrected chi connectivity index (χ0v) is 13.3. The van der Waals surface area contributed by atoms with Gasteiger partial charge in [-0.1, -0.05) is 54.4 Å². The maximum Gasteiger partial charge on any atom is 0.0415 e. The Balaban J connectivity index is 2.04. The Bertz CT molecular complexity index is 533. The van der Waals surface area contributed by atoms with E-state index < -0.39 is 0 Å². The second-order valence-electron chi connectivity index (χ2n) is 5.15. The first kappa shape index (κ1) is 15.1. The quantitative estimate of drug-likeness (QED) is 0.769. The van der Waals surface area contributed by atoms with Crippen molar-refractivity contribution in [1.29, 1.82) is 0 Å². The van der Waals surface area contributed by atoms with Crippen molar-refractivity contribution in [2.75, 3.05) is 12.3 Å². The molecule has 0 aromatic heterocycles. The lowest BCUT2D eigenvalue weighted by atomic mass is 10.1. The summed E-state index contributed by atoms with van der Waals surface area (Å²) in [6.45, 7) is 7.44. The van der Waals surface area contributed by atoms with Gasteiger partial charge in [0, 0.05) is 16.7 Å². The number of rotatable bonds is 6. The summed E-state index contributed by atoms with van der Waals surface area (Å²) in [5.74, 6) is 1.06. The van der Waals surface area contributed by atoms with Crippen LogP contribution >= 0.6 is 11.8 Å². The van der Waals surface area contributed by atoms with Crippen LogP contribution in [0.5, 0.6) is 0 Å². The highest BCUT2D eigenvalue weighted by atomic mass is 32.2. The van der Waals surface area contributed by atoms with Crippen LogP contribution in [-0.2, 0) is 0 Å². The molecule has 0 aliphatic heterocycles. The smallest absolute Gasteiger partial charge is 0.0415 e. The van der Waals surface area contributed by atoms with Crippen molar-refractivity contribution in [3.63, 3.8) is 0 Å². The van der Waals surface area contributed by atoms with Crippen molar-refractivity contribution in [1.82, 2.24) is 5.32 Å². The molecule has 2 rings (SSSR count). The highest BCUT2D eigenvalue weighted by Gasteiger charge is 2.10. The second-order valence-corrected chi connectivity index (χ2v) is 6.24. The van der Waals surface area contributed by atoms with Crippen LogP contribution < -0.4 is 5.32 Å². The molecule has 0 fully saturated rings. The van der Waals surface area contributed by atoms with Gasteiger partial charge in [0.05, 0.1) is 0 Å². The Morgan fingerprint density at radius 3 is 2.40 bits per heavy atom. The Labute approximate surface area is 126 Å². The average Bonchev–Trinajstić information content (AvgIpc) is 2.45. The van der Waals surface area contributed by atoms with Crippen LogP contribution in [0.1, 0.15) is 29.7 Å². The Morgan fingerprint density at radius 2 is 1.75 bits per heavy atom. The average molecular weight is 285 g/mol. The first-order chi connectivity index (χ1) is 9.69. The minimum absolute atomic E-state index is 0.409. The highest BCUT2D eigenvalue weighted by Crippen LogP contribution is 2.25. The normalized spacial score (nSPS) is 12.3. The van der Waals surface area contributed by atoms with Crippen molar-refractivity contribution >= 4 is 11.8 Å². The fourth-order valence-electron chi connectivity index (χ4n) is 2.22. The zero-order valence-electron chi connectivity index (χ0n) is 12.5. The van der Waals surface area contributed by atoms with Crippen LogP contribution in [0.25, 0.3) is 0 Å². The van der Waals surface area contributed by atoms with E-state index in [0.717, 1.165) is 12.3 Å². The van der Waals surface area contributed by atoms with Crippen molar-refractivity contribution < 1.29 is 0 Å². The van der Waals surface area contributed by atoms with Crippen molar-refractivity contribution in [2.24, 2.45) is 0 Å². The standard InChI is InChI=1S/C18H23NS/c1-4-19-18(16-7-5-6-15(3)12-16)13-20-17-10-8-14(2)9-11-17/h5-12,18-19H,4,13H2,1-3H3. The van der Waals surface area contributed by atoms with Crippen LogP contribution in [-0.4, -0.2) is 12.3 Å². The monoisotopic (exact) mass is 285 g/mol. The number of nitrogens with one attached hydrogen (secondary N) is 1. The summed E-state index contributed by atoms with van der Waals surface area (Å²) in [5, 5.41) is 3.59. The molecule has 0 saturated carbocycles. The molecule has 0 bridgehead atoms. The summed E-state index contributed by atoms with van der Waals surface area (Å²) in [7, 11) is 0. The van der Waals surface area contributed by atoms with Gasteiger partial charge in [0.2, 0.25) is 0 Å². The molecule has 1 nitrogen and oxygen atoms in total. The van der Waals surface area contributed by atoms with Gasteiger partial charge in [0.15, 0.2) is 0 Å². The summed E-state index contributed by atoms with van der Waals surface area (Å²) in [6.07, 6.45) is 0. The molecule has 1 atom stereocenters. The Morgan fingerprint density at radius 1 is 1.00 bits per heavy atom. The maximum atomic E-state index is 3.59. The van der Waals surface area contributed by atoms with E-state index in [0.29, 0.717) is 6.04 Å². The third-order valence-corrected chi connectivity index (χ3v) is 4.44. The van der Waals surface area contributed by atoms with Crippen molar-refractivity contribution in [3.8, 4) is 0 Å². The minimum Gasteiger partial charge on any atom is -0.309 e. The molecule has 106 valence electrons. The Hall–Kier alpha value is -1.25. The number of hydrogen-bond acceptors (Lipinski definition) is 2. The summed E-state index contributed by atoms with van der Waals surface area (Å²) in [6, 6.07) is 18.0. The van der Waals surface area contributed by atoms with E-state index in [1.54, 1.807) is 0 Å². The van der Waals surface area contributed by atoms with Gasteiger partial charge >= 0.3 is 0 Å². The molecule has 1 N–H and O–H groups in total. The predicted octanol–water partition coefficient (Wildman–Crippen LogP) is 4.75. The molecule has 0 saturated heterocycles. The fourth-order valence-corrected chi connectivity index (χ4v) is 3.22. The summed E-state index contributed by atoms with van der Waals surface area (Å²) in [4.78, 5) is 1.34. The van der Waals surface area contributed by atoms with Crippen LogP contribution in [0.3, 0.4) is 0 Å². The number of thioether (sulfide) groups is 1. The van der Waals surface area contributed by atoms with E-state index in [1.807, 2.05) is 11.8 Å². The summed E-state index contributed by atoms with van der Waals surface area (Å²) < 4.78 is 0. The molecule has 2 aromatic carbocycles. The van der Waals surface area contributed by atoms with Crippen LogP contribution in [0.15, 0.2) is 53.4 Å². The van der Waals surface area contributed by atoms with Crippen LogP contribution in [0.2, 0.25) is 0 Å². The molecule has 2 heteroatoms. The van der Waals surface area contributed by atoms with E-state index in [-0.39, 0.29) is 0 Å². The molecule has 0 aliphatic carbocycles. The van der Waals surface area contributed by atoms with Crippen molar-refractivity contribution in [3.05, 3.63) is 65.2 Å². The molecule has 0 spiro atoms. The molecule has 0 amide bonds. The van der Waals surface area contributed by atoms with Gasteiger partial charge in [-0.05, 0) is 38.1 Å². The SMILES string of the molecule is CCNC(CSc1ccc(C)cc1)c1cccc(C)c1. The lowest BCUT2D eigenvalue weighted by Crippen LogP contribution is -2.23. The van der Waals surface area contributed by atoms with E-state index in [4.69, 9.17) is 0 Å². The number of benzene rings is 2. The lowest BCUT2D eigenvalue weighted by molar-refractivity contribution is 0.605. The van der Waals surface area contributed by atoms with Gasteiger partial charge < -0.3 is 5.32 Å². The van der Waals surface area contributed by atoms with Gasteiger partial charge in [-0.2, -0.15) is 0 Å². The molecule has 20 heavy (non-hydrogen) atoms. The first-order valence-electron chi connectivity index (χ1n) is 7.18. The van der Waals surface area contributed by atoms with E-state index >= 15 is 0 Å². The third-order valence-electron chi connectivity index (χ3n) is 3.33. The van der Waals surface area contributed by atoms with Gasteiger partial charge in [-0.3, -0.25) is 0 Å². The molecule has 1 unspecified atom stereocenters. The van der Waals surface area contributed by atoms with Crippen LogP contribution in [0.4, 0.5) is 0 Å². The first-order valence-corrected chi connectivity index (χ1v) is 8.17. The van der Waals surface area contributed by atoms with Gasteiger partial charge in [0.25, 0.3) is 0 Å². The maximum absolute atomic E-state index is 3.59. The zero-order chi connectivity index (χ0) is 14.4. The van der Waals surface area contributed by atoms with Gasteiger partial charge in [-0.25, -0.2) is 0 Å². The topological polar surface area (TPSA) is 12.0 Å². The molecular formula is C18H23NS. The lowest BCUT2D eigenvalue weighted by Gasteiger charge is -2.18. The Kier molecular flexibility index (Phi) is 5.69. The van der Waals surface area contributed by atoms with Gasteiger partial charge in [0.1, 0.15) is 0 Å². The van der Waals surface area contributed by atoms with Crippen molar-refractivity contribution in [2.45, 2.75) is 31.7 Å². The second kappa shape index (κ2) is 7.51. The highest BCUT2D eigenvalue weighted by molar-refractivity contribution is 7.99. The predicted molar refractivity (Wildman–Crippen MR) is 89.5 cm³/mol. The number of aryl methyl sites for hydroxylation is 2.